The average Bonchev–Trinajstić information content (AvgIpc) is 2.49. The minimum atomic E-state index is -0.0316. The Kier molecular flexibility index (Phi) is 5.83. The first kappa shape index (κ1) is 15.3. The van der Waals surface area contributed by atoms with Crippen LogP contribution in [0.3, 0.4) is 0 Å². The van der Waals surface area contributed by atoms with Crippen molar-refractivity contribution < 1.29 is 4.79 Å². The van der Waals surface area contributed by atoms with Crippen molar-refractivity contribution in [2.45, 2.75) is 19.6 Å². The lowest BCUT2D eigenvalue weighted by molar-refractivity contribution is -0.107. The molecule has 0 aliphatic rings. The van der Waals surface area contributed by atoms with Crippen molar-refractivity contribution in [1.82, 2.24) is 0 Å². The minimum Gasteiger partial charge on any atom is -0.282 e. The Morgan fingerprint density at radius 2 is 1.75 bits per heavy atom. The van der Waals surface area contributed by atoms with Gasteiger partial charge in [0.25, 0.3) is 0 Å². The molecule has 0 aliphatic carbocycles. The minimum absolute atomic E-state index is 0.0316. The highest BCUT2D eigenvalue weighted by Gasteiger charge is 2.08. The Morgan fingerprint density at radius 3 is 2.45 bits per heavy atom. The van der Waals surface area contributed by atoms with Gasteiger partial charge in [-0.15, -0.1) is 11.8 Å². The lowest BCUT2D eigenvalue weighted by Gasteiger charge is -2.08. The molecule has 0 saturated heterocycles. The first-order chi connectivity index (χ1) is 9.72. The summed E-state index contributed by atoms with van der Waals surface area (Å²) in [6.45, 7) is 3.51. The normalized spacial score (nSPS) is 10.2. The van der Waals surface area contributed by atoms with E-state index in [1.165, 1.54) is 27.6 Å². The van der Waals surface area contributed by atoms with Gasteiger partial charge in [-0.25, -0.2) is 0 Å². The summed E-state index contributed by atoms with van der Waals surface area (Å²) >= 11 is 4.62. The number of hydrogen-bond donors (Lipinski definition) is 0. The molecule has 102 valence electrons. The van der Waals surface area contributed by atoms with Crippen LogP contribution in [-0.4, -0.2) is 11.4 Å². The topological polar surface area (TPSA) is 17.1 Å². The van der Waals surface area contributed by atoms with Crippen molar-refractivity contribution in [3.8, 4) is 0 Å². The second-order valence-electron chi connectivity index (χ2n) is 3.85. The molecule has 2 rings (SSSR count). The van der Waals surface area contributed by atoms with E-state index in [4.69, 9.17) is 0 Å². The Labute approximate surface area is 132 Å². The molecule has 0 aromatic heterocycles. The number of carbonyl (C=O) groups is 1. The van der Waals surface area contributed by atoms with Gasteiger partial charge in [0.15, 0.2) is 0 Å². The highest BCUT2D eigenvalue weighted by molar-refractivity contribution is 8.14. The fraction of sp³-hybridized carbons (Fsp3) is 0.0625. The summed E-state index contributed by atoms with van der Waals surface area (Å²) in [6, 6.07) is 16.3. The first-order valence-electron chi connectivity index (χ1n) is 5.98. The molecule has 0 N–H and O–H groups in total. The molecule has 0 spiro atoms. The molecule has 0 heterocycles. The van der Waals surface area contributed by atoms with E-state index < -0.39 is 0 Å². The lowest BCUT2D eigenvalue weighted by Crippen LogP contribution is -1.86. The molecular weight excluding hydrogens is 304 g/mol. The Bertz CT molecular complexity index is 623. The maximum absolute atomic E-state index is 11.5. The van der Waals surface area contributed by atoms with E-state index >= 15 is 0 Å². The molecule has 0 radical (unpaired) electrons. The van der Waals surface area contributed by atoms with Crippen LogP contribution in [0.15, 0.2) is 80.8 Å². The predicted octanol–water partition coefficient (Wildman–Crippen LogP) is 5.36. The van der Waals surface area contributed by atoms with Crippen LogP contribution < -0.4 is 0 Å². The summed E-state index contributed by atoms with van der Waals surface area (Å²) in [4.78, 5) is 16.0. The first-order valence-corrected chi connectivity index (χ1v) is 8.84. The van der Waals surface area contributed by atoms with Gasteiger partial charge >= 0.3 is 0 Å². The lowest BCUT2D eigenvalue weighted by atomic mass is 10.4. The highest BCUT2D eigenvalue weighted by Crippen LogP contribution is 2.36. The maximum Gasteiger partial charge on any atom is 0.216 e. The van der Waals surface area contributed by atoms with Crippen molar-refractivity contribution in [2.24, 2.45) is 0 Å². The van der Waals surface area contributed by atoms with Gasteiger partial charge in [0, 0.05) is 19.6 Å². The Balaban J connectivity index is 2.24. The van der Waals surface area contributed by atoms with Crippen molar-refractivity contribution in [1.29, 1.82) is 0 Å². The third kappa shape index (κ3) is 4.20. The molecule has 2 aromatic rings. The highest BCUT2D eigenvalue weighted by atomic mass is 32.2. The smallest absolute Gasteiger partial charge is 0.216 e. The van der Waals surface area contributed by atoms with Gasteiger partial charge in [0.05, 0.1) is 0 Å². The van der Waals surface area contributed by atoms with Crippen molar-refractivity contribution >= 4 is 40.4 Å². The predicted molar refractivity (Wildman–Crippen MR) is 89.8 cm³/mol. The van der Waals surface area contributed by atoms with Gasteiger partial charge in [-0.3, -0.25) is 4.79 Å². The zero-order valence-electron chi connectivity index (χ0n) is 11.0. The van der Waals surface area contributed by atoms with Gasteiger partial charge in [-0.1, -0.05) is 36.5 Å². The third-order valence-corrected chi connectivity index (χ3v) is 5.36. The van der Waals surface area contributed by atoms with Gasteiger partial charge in [0.2, 0.25) is 5.12 Å². The largest absolute Gasteiger partial charge is 0.282 e. The van der Waals surface area contributed by atoms with E-state index in [2.05, 4.69) is 37.1 Å². The van der Waals surface area contributed by atoms with Crippen LogP contribution in [0.2, 0.25) is 0 Å². The third-order valence-electron chi connectivity index (χ3n) is 2.50. The van der Waals surface area contributed by atoms with Crippen LogP contribution in [-0.2, 0) is 4.79 Å². The summed E-state index contributed by atoms with van der Waals surface area (Å²) in [5, 5.41) is -0.0316. The van der Waals surface area contributed by atoms with Crippen molar-refractivity contribution in [3.63, 3.8) is 0 Å². The maximum atomic E-state index is 11.5. The summed E-state index contributed by atoms with van der Waals surface area (Å²) < 4.78 is 0. The zero-order valence-corrected chi connectivity index (χ0v) is 13.5. The van der Waals surface area contributed by atoms with E-state index in [0.717, 1.165) is 9.79 Å². The molecule has 0 saturated carbocycles. The molecule has 0 atom stereocenters. The fourth-order valence-electron chi connectivity index (χ4n) is 1.56. The summed E-state index contributed by atoms with van der Waals surface area (Å²) in [5.74, 6) is 0. The average molecular weight is 318 g/mol. The molecule has 0 amide bonds. The number of rotatable bonds is 5. The van der Waals surface area contributed by atoms with Crippen LogP contribution in [0.1, 0.15) is 0 Å². The van der Waals surface area contributed by atoms with Gasteiger partial charge in [-0.2, -0.15) is 0 Å². The van der Waals surface area contributed by atoms with Crippen LogP contribution in [0.5, 0.6) is 0 Å². The summed E-state index contributed by atoms with van der Waals surface area (Å²) in [5.41, 5.74) is 0. The fourth-order valence-corrected chi connectivity index (χ4v) is 3.86. The monoisotopic (exact) mass is 318 g/mol. The number of thioether (sulfide) groups is 2. The SMILES string of the molecule is C=CC(=O)Sc1ccccc1Sc1cccc(SC)c1. The van der Waals surface area contributed by atoms with E-state index in [-0.39, 0.29) is 5.12 Å². The number of hydrogen-bond acceptors (Lipinski definition) is 4. The van der Waals surface area contributed by atoms with E-state index in [1.807, 2.05) is 24.3 Å². The second kappa shape index (κ2) is 7.62. The molecule has 2 aromatic carbocycles. The second-order valence-corrected chi connectivity index (χ2v) is 6.89. The van der Waals surface area contributed by atoms with Crippen LogP contribution >= 0.6 is 35.3 Å². The van der Waals surface area contributed by atoms with E-state index in [1.54, 1.807) is 23.5 Å². The molecule has 20 heavy (non-hydrogen) atoms. The molecule has 0 bridgehead atoms. The molecule has 0 unspecified atom stereocenters. The number of benzene rings is 2. The quantitative estimate of drug-likeness (QED) is 0.544. The number of carbonyl (C=O) groups excluding carboxylic acids is 1. The van der Waals surface area contributed by atoms with Crippen molar-refractivity contribution in [2.75, 3.05) is 6.26 Å². The van der Waals surface area contributed by atoms with Gasteiger partial charge < -0.3 is 0 Å². The Hall–Kier alpha value is -1.10. The molecular formula is C16H14OS3. The van der Waals surface area contributed by atoms with Crippen LogP contribution in [0.4, 0.5) is 0 Å². The molecule has 4 heteroatoms. The van der Waals surface area contributed by atoms with Gasteiger partial charge in [0.1, 0.15) is 0 Å². The molecule has 0 aliphatic heterocycles. The molecule has 0 fully saturated rings. The van der Waals surface area contributed by atoms with Crippen molar-refractivity contribution in [3.05, 3.63) is 61.2 Å². The van der Waals surface area contributed by atoms with E-state index in [9.17, 15) is 4.79 Å². The standard InChI is InChI=1S/C16H14OS3/c1-3-16(17)20-15-10-5-4-9-14(15)19-13-8-6-7-12(11-13)18-2/h3-11H,1H2,2H3. The van der Waals surface area contributed by atoms with Gasteiger partial charge in [-0.05, 0) is 54.4 Å². The van der Waals surface area contributed by atoms with Crippen LogP contribution in [0.25, 0.3) is 0 Å². The summed E-state index contributed by atoms with van der Waals surface area (Å²) in [6.07, 6.45) is 3.41. The molecule has 1 nitrogen and oxygen atoms in total. The van der Waals surface area contributed by atoms with Crippen LogP contribution in [0, 0.1) is 0 Å². The van der Waals surface area contributed by atoms with E-state index in [0.29, 0.717) is 0 Å². The zero-order chi connectivity index (χ0) is 14.4. The summed E-state index contributed by atoms with van der Waals surface area (Å²) in [7, 11) is 0. The Morgan fingerprint density at radius 1 is 1.05 bits per heavy atom.